The van der Waals surface area contributed by atoms with Crippen LogP contribution in [0, 0.1) is 17.2 Å². The third-order valence-electron chi connectivity index (χ3n) is 3.86. The Morgan fingerprint density at radius 3 is 2.15 bits per heavy atom. The van der Waals surface area contributed by atoms with Crippen LogP contribution in [0.2, 0.25) is 0 Å². The van der Waals surface area contributed by atoms with Crippen LogP contribution >= 0.6 is 0 Å². The largest absolute Gasteiger partial charge is 0.292 e. The molecule has 1 aromatic carbocycles. The zero-order valence-electron chi connectivity index (χ0n) is 13.3. The van der Waals surface area contributed by atoms with E-state index >= 15 is 0 Å². The number of benzene rings is 1. The molecule has 0 radical (unpaired) electrons. The highest BCUT2D eigenvalue weighted by molar-refractivity contribution is 5.20. The summed E-state index contributed by atoms with van der Waals surface area (Å²) in [5, 5.41) is 9.23. The van der Waals surface area contributed by atoms with Crippen LogP contribution < -0.4 is 0 Å². The van der Waals surface area contributed by atoms with E-state index in [0.29, 0.717) is 18.4 Å². The Balaban J connectivity index is 3.07. The minimum atomic E-state index is 0.216. The van der Waals surface area contributed by atoms with Crippen molar-refractivity contribution in [3.8, 4) is 6.07 Å². The minimum absolute atomic E-state index is 0.216. The summed E-state index contributed by atoms with van der Waals surface area (Å²) < 4.78 is 0. The van der Waals surface area contributed by atoms with Gasteiger partial charge in [0.25, 0.3) is 0 Å². The van der Waals surface area contributed by atoms with Crippen molar-refractivity contribution in [1.82, 2.24) is 4.90 Å². The van der Waals surface area contributed by atoms with Gasteiger partial charge in [0.05, 0.1) is 12.5 Å². The molecule has 1 unspecified atom stereocenters. The highest BCUT2D eigenvalue weighted by Gasteiger charge is 2.26. The molecule has 2 nitrogen and oxygen atoms in total. The Labute approximate surface area is 124 Å². The lowest BCUT2D eigenvalue weighted by Gasteiger charge is -2.38. The number of nitriles is 1. The first kappa shape index (κ1) is 16.7. The first-order valence-corrected chi connectivity index (χ1v) is 7.81. The fraction of sp³-hybridized carbons (Fsp3) is 0.611. The molecule has 0 aromatic heterocycles. The van der Waals surface area contributed by atoms with Crippen LogP contribution in [0.25, 0.3) is 0 Å². The molecule has 2 heteroatoms. The molecule has 1 rings (SSSR count). The van der Waals surface area contributed by atoms with Gasteiger partial charge in [-0.25, -0.2) is 0 Å². The highest BCUT2D eigenvalue weighted by atomic mass is 15.2. The smallest absolute Gasteiger partial charge is 0.0641 e. The molecule has 1 aromatic rings. The lowest BCUT2D eigenvalue weighted by Crippen LogP contribution is -2.40. The monoisotopic (exact) mass is 272 g/mol. The van der Waals surface area contributed by atoms with Crippen LogP contribution in [0.15, 0.2) is 30.3 Å². The Bertz CT molecular complexity index is 401. The van der Waals surface area contributed by atoms with Crippen LogP contribution in [0.5, 0.6) is 0 Å². The molecular weight excluding hydrogens is 244 g/mol. The summed E-state index contributed by atoms with van der Waals surface area (Å²) in [7, 11) is 0. The van der Waals surface area contributed by atoms with Gasteiger partial charge in [-0.2, -0.15) is 5.26 Å². The molecule has 1 atom stereocenters. The zero-order valence-corrected chi connectivity index (χ0v) is 13.3. The Kier molecular flexibility index (Phi) is 7.33. The molecule has 0 saturated heterocycles. The fourth-order valence-electron chi connectivity index (χ4n) is 2.90. The van der Waals surface area contributed by atoms with Crippen molar-refractivity contribution in [3.63, 3.8) is 0 Å². The zero-order chi connectivity index (χ0) is 15.0. The Morgan fingerprint density at radius 2 is 1.70 bits per heavy atom. The summed E-state index contributed by atoms with van der Waals surface area (Å²) in [4.78, 5) is 2.54. The van der Waals surface area contributed by atoms with Crippen LogP contribution in [0.3, 0.4) is 0 Å². The van der Waals surface area contributed by atoms with Crippen LogP contribution in [-0.4, -0.2) is 17.5 Å². The van der Waals surface area contributed by atoms with Gasteiger partial charge in [-0.3, -0.25) is 4.90 Å². The SMILES string of the molecule is CCC(CC)N(CC(C)C)C(CC#N)c1ccccc1. The Morgan fingerprint density at radius 1 is 1.10 bits per heavy atom. The molecule has 0 amide bonds. The predicted molar refractivity (Wildman–Crippen MR) is 85.3 cm³/mol. The van der Waals surface area contributed by atoms with E-state index in [4.69, 9.17) is 0 Å². The lowest BCUT2D eigenvalue weighted by atomic mass is 9.97. The van der Waals surface area contributed by atoms with E-state index in [1.807, 2.05) is 6.07 Å². The second-order valence-corrected chi connectivity index (χ2v) is 5.85. The third-order valence-corrected chi connectivity index (χ3v) is 3.86. The van der Waals surface area contributed by atoms with Crippen LogP contribution in [-0.2, 0) is 0 Å². The molecule has 0 N–H and O–H groups in total. The molecule has 110 valence electrons. The molecular formula is C18H28N2. The number of hydrogen-bond donors (Lipinski definition) is 0. The summed E-state index contributed by atoms with van der Waals surface area (Å²) in [6.07, 6.45) is 2.84. The van der Waals surface area contributed by atoms with Gasteiger partial charge < -0.3 is 0 Å². The Hall–Kier alpha value is -1.33. The quantitative estimate of drug-likeness (QED) is 0.680. The minimum Gasteiger partial charge on any atom is -0.292 e. The molecule has 0 saturated carbocycles. The van der Waals surface area contributed by atoms with Gasteiger partial charge >= 0.3 is 0 Å². The second-order valence-electron chi connectivity index (χ2n) is 5.85. The average molecular weight is 272 g/mol. The highest BCUT2D eigenvalue weighted by Crippen LogP contribution is 2.29. The predicted octanol–water partition coefficient (Wildman–Crippen LogP) is 4.79. The van der Waals surface area contributed by atoms with Crippen molar-refractivity contribution in [2.45, 2.75) is 59.0 Å². The van der Waals surface area contributed by atoms with Crippen molar-refractivity contribution in [1.29, 1.82) is 5.26 Å². The second kappa shape index (κ2) is 8.76. The topological polar surface area (TPSA) is 27.0 Å². The van der Waals surface area contributed by atoms with E-state index in [0.717, 1.165) is 19.4 Å². The molecule has 0 heterocycles. The van der Waals surface area contributed by atoms with E-state index in [-0.39, 0.29) is 6.04 Å². The molecule has 0 fully saturated rings. The normalized spacial score (nSPS) is 12.9. The van der Waals surface area contributed by atoms with Crippen molar-refractivity contribution in [2.75, 3.05) is 6.54 Å². The number of rotatable bonds is 8. The van der Waals surface area contributed by atoms with Gasteiger partial charge in [0.2, 0.25) is 0 Å². The maximum atomic E-state index is 9.23. The van der Waals surface area contributed by atoms with Gasteiger partial charge in [-0.1, -0.05) is 58.0 Å². The van der Waals surface area contributed by atoms with E-state index in [9.17, 15) is 5.26 Å². The van der Waals surface area contributed by atoms with Crippen molar-refractivity contribution >= 4 is 0 Å². The number of nitrogens with zero attached hydrogens (tertiary/aromatic N) is 2. The van der Waals surface area contributed by atoms with E-state index in [1.165, 1.54) is 5.56 Å². The first-order valence-electron chi connectivity index (χ1n) is 7.81. The molecule has 20 heavy (non-hydrogen) atoms. The molecule has 0 bridgehead atoms. The summed E-state index contributed by atoms with van der Waals surface area (Å²) in [6, 6.07) is 13.6. The van der Waals surface area contributed by atoms with Gasteiger partial charge in [-0.15, -0.1) is 0 Å². The van der Waals surface area contributed by atoms with E-state index in [1.54, 1.807) is 0 Å². The van der Waals surface area contributed by atoms with Crippen LogP contribution in [0.1, 0.15) is 58.6 Å². The molecule has 0 spiro atoms. The lowest BCUT2D eigenvalue weighted by molar-refractivity contribution is 0.110. The summed E-state index contributed by atoms with van der Waals surface area (Å²) in [5.41, 5.74) is 1.27. The average Bonchev–Trinajstić information content (AvgIpc) is 2.45. The van der Waals surface area contributed by atoms with Crippen LogP contribution in [0.4, 0.5) is 0 Å². The number of hydrogen-bond acceptors (Lipinski definition) is 2. The first-order chi connectivity index (χ1) is 9.63. The summed E-state index contributed by atoms with van der Waals surface area (Å²) in [5.74, 6) is 0.612. The summed E-state index contributed by atoms with van der Waals surface area (Å²) >= 11 is 0. The van der Waals surface area contributed by atoms with Gasteiger partial charge in [0.15, 0.2) is 0 Å². The van der Waals surface area contributed by atoms with Crippen molar-refractivity contribution < 1.29 is 0 Å². The van der Waals surface area contributed by atoms with Crippen molar-refractivity contribution in [2.24, 2.45) is 5.92 Å². The van der Waals surface area contributed by atoms with Gasteiger partial charge in [0.1, 0.15) is 0 Å². The maximum absolute atomic E-state index is 9.23. The van der Waals surface area contributed by atoms with E-state index < -0.39 is 0 Å². The molecule has 0 aliphatic rings. The molecule has 0 aliphatic heterocycles. The van der Waals surface area contributed by atoms with Gasteiger partial charge in [0, 0.05) is 18.6 Å². The molecule has 0 aliphatic carbocycles. The van der Waals surface area contributed by atoms with Crippen molar-refractivity contribution in [3.05, 3.63) is 35.9 Å². The maximum Gasteiger partial charge on any atom is 0.0641 e. The standard InChI is InChI=1S/C18H28N2/c1-5-17(6-2)20(14-15(3)4)18(12-13-19)16-10-8-7-9-11-16/h7-11,15,17-18H,5-6,12,14H2,1-4H3. The fourth-order valence-corrected chi connectivity index (χ4v) is 2.90. The third kappa shape index (κ3) is 4.65. The van der Waals surface area contributed by atoms with E-state index in [2.05, 4.69) is 62.9 Å². The van der Waals surface area contributed by atoms with Gasteiger partial charge in [-0.05, 0) is 24.3 Å². The summed E-state index contributed by atoms with van der Waals surface area (Å²) in [6.45, 7) is 10.0.